The van der Waals surface area contributed by atoms with E-state index in [0.29, 0.717) is 35.8 Å². The summed E-state index contributed by atoms with van der Waals surface area (Å²) in [5, 5.41) is 0.785. The maximum absolute atomic E-state index is 12.6. The van der Waals surface area contributed by atoms with Gasteiger partial charge >= 0.3 is 5.97 Å². The Hall–Kier alpha value is -3.61. The molecule has 0 amide bonds. The van der Waals surface area contributed by atoms with Crippen LogP contribution in [0.4, 0.5) is 0 Å². The highest BCUT2D eigenvalue weighted by atomic mass is 16.5. The number of benzene rings is 2. The molecule has 0 bridgehead atoms. The fourth-order valence-electron chi connectivity index (χ4n) is 3.61. The van der Waals surface area contributed by atoms with Crippen LogP contribution in [0.2, 0.25) is 0 Å². The Labute approximate surface area is 179 Å². The highest BCUT2D eigenvalue weighted by Crippen LogP contribution is 2.48. The van der Waals surface area contributed by atoms with Gasteiger partial charge < -0.3 is 18.9 Å². The smallest absolute Gasteiger partial charge is 0.319 e. The minimum Gasteiger partial charge on any atom is -0.493 e. The number of Topliss-reactive ketones (excluding diaryl/α,β-unsaturated/α-hetero) is 1. The van der Waals surface area contributed by atoms with Crippen LogP contribution in [0.5, 0.6) is 23.0 Å². The van der Waals surface area contributed by atoms with Crippen LogP contribution >= 0.6 is 0 Å². The van der Waals surface area contributed by atoms with Crippen molar-refractivity contribution in [2.75, 3.05) is 21.3 Å². The number of aromatic nitrogens is 1. The number of ether oxygens (including phenoxy) is 4. The fourth-order valence-corrected chi connectivity index (χ4v) is 3.61. The highest BCUT2D eigenvalue weighted by Gasteiger charge is 2.56. The van der Waals surface area contributed by atoms with Crippen molar-refractivity contribution >= 4 is 22.7 Å². The molecule has 160 valence electrons. The summed E-state index contributed by atoms with van der Waals surface area (Å²) in [6.45, 7) is 0. The van der Waals surface area contributed by atoms with Gasteiger partial charge in [-0.3, -0.25) is 14.6 Å². The molecule has 1 aliphatic rings. The minimum atomic E-state index is -0.944. The quantitative estimate of drug-likeness (QED) is 0.400. The molecule has 0 N–H and O–H groups in total. The van der Waals surface area contributed by atoms with Crippen LogP contribution in [0.3, 0.4) is 0 Å². The first-order valence-electron chi connectivity index (χ1n) is 9.90. The van der Waals surface area contributed by atoms with Gasteiger partial charge in [0.1, 0.15) is 16.9 Å². The molecular weight excluding hydrogens is 398 g/mol. The van der Waals surface area contributed by atoms with E-state index in [4.69, 9.17) is 18.9 Å². The SMILES string of the molecule is COC(=O)C1(C(=O)Cc2ccc(Oc3ccnc4cc(OC)c(OC)cc34)cc2)CC1. The molecule has 1 heterocycles. The number of hydrogen-bond donors (Lipinski definition) is 0. The Balaban J connectivity index is 1.52. The summed E-state index contributed by atoms with van der Waals surface area (Å²) >= 11 is 0. The highest BCUT2D eigenvalue weighted by molar-refractivity contribution is 6.07. The summed E-state index contributed by atoms with van der Waals surface area (Å²) in [5.41, 5.74) is 0.591. The van der Waals surface area contributed by atoms with E-state index in [0.717, 1.165) is 16.5 Å². The molecule has 1 saturated carbocycles. The second kappa shape index (κ2) is 8.26. The van der Waals surface area contributed by atoms with Gasteiger partial charge in [-0.1, -0.05) is 12.1 Å². The number of esters is 1. The molecule has 0 aliphatic heterocycles. The number of hydrogen-bond acceptors (Lipinski definition) is 7. The molecule has 7 heteroatoms. The van der Waals surface area contributed by atoms with E-state index in [2.05, 4.69) is 4.98 Å². The summed E-state index contributed by atoms with van der Waals surface area (Å²) in [5.74, 6) is 1.88. The van der Waals surface area contributed by atoms with E-state index in [-0.39, 0.29) is 12.2 Å². The molecule has 0 saturated heterocycles. The molecule has 31 heavy (non-hydrogen) atoms. The molecule has 1 fully saturated rings. The van der Waals surface area contributed by atoms with Crippen LogP contribution in [0, 0.1) is 5.41 Å². The summed E-state index contributed by atoms with van der Waals surface area (Å²) in [6.07, 6.45) is 2.97. The number of fused-ring (bicyclic) bond motifs is 1. The van der Waals surface area contributed by atoms with Crippen LogP contribution in [0.25, 0.3) is 10.9 Å². The molecule has 0 unspecified atom stereocenters. The molecule has 1 aliphatic carbocycles. The number of methoxy groups -OCH3 is 3. The normalized spacial score (nSPS) is 14.0. The third kappa shape index (κ3) is 3.91. The summed E-state index contributed by atoms with van der Waals surface area (Å²) in [4.78, 5) is 28.8. The third-order valence-electron chi connectivity index (χ3n) is 5.58. The predicted octanol–water partition coefficient (Wildman–Crippen LogP) is 4.11. The fraction of sp³-hybridized carbons (Fsp3) is 0.292. The molecule has 0 atom stereocenters. The summed E-state index contributed by atoms with van der Waals surface area (Å²) < 4.78 is 21.6. The van der Waals surface area contributed by atoms with Gasteiger partial charge in [-0.15, -0.1) is 0 Å². The molecule has 0 spiro atoms. The molecule has 0 radical (unpaired) electrons. The first kappa shape index (κ1) is 20.7. The zero-order valence-electron chi connectivity index (χ0n) is 17.6. The van der Waals surface area contributed by atoms with Gasteiger partial charge in [0.15, 0.2) is 17.3 Å². The molecule has 1 aromatic heterocycles. The van der Waals surface area contributed by atoms with Gasteiger partial charge in [0.25, 0.3) is 0 Å². The monoisotopic (exact) mass is 421 g/mol. The average molecular weight is 421 g/mol. The number of nitrogens with zero attached hydrogens (tertiary/aromatic N) is 1. The van der Waals surface area contributed by atoms with E-state index in [9.17, 15) is 9.59 Å². The minimum absolute atomic E-state index is 0.103. The van der Waals surface area contributed by atoms with Gasteiger partial charge in [0.2, 0.25) is 0 Å². The predicted molar refractivity (Wildman–Crippen MR) is 114 cm³/mol. The first-order chi connectivity index (χ1) is 15.0. The maximum Gasteiger partial charge on any atom is 0.319 e. The Bertz CT molecular complexity index is 1130. The van der Waals surface area contributed by atoms with Crippen molar-refractivity contribution in [2.24, 2.45) is 5.41 Å². The zero-order chi connectivity index (χ0) is 22.0. The van der Waals surface area contributed by atoms with Crippen molar-refractivity contribution < 1.29 is 28.5 Å². The number of carbonyl (C=O) groups excluding carboxylic acids is 2. The lowest BCUT2D eigenvalue weighted by Gasteiger charge is -2.13. The average Bonchev–Trinajstić information content (AvgIpc) is 3.61. The second-order valence-corrected chi connectivity index (χ2v) is 7.45. The van der Waals surface area contributed by atoms with Gasteiger partial charge in [0.05, 0.1) is 26.8 Å². The van der Waals surface area contributed by atoms with E-state index < -0.39 is 11.4 Å². The van der Waals surface area contributed by atoms with Crippen molar-refractivity contribution in [2.45, 2.75) is 19.3 Å². The second-order valence-electron chi connectivity index (χ2n) is 7.45. The first-order valence-corrected chi connectivity index (χ1v) is 9.90. The largest absolute Gasteiger partial charge is 0.493 e. The van der Waals surface area contributed by atoms with Crippen LogP contribution < -0.4 is 14.2 Å². The van der Waals surface area contributed by atoms with E-state index >= 15 is 0 Å². The topological polar surface area (TPSA) is 84.0 Å². The van der Waals surface area contributed by atoms with E-state index in [1.807, 2.05) is 18.2 Å². The standard InChI is InChI=1S/C24H23NO6/c1-28-20-13-17-18(14-21(20)29-2)25-11-8-19(17)31-16-6-4-15(5-7-16)12-22(26)24(9-10-24)23(27)30-3/h4-8,11,13-14H,9-10,12H2,1-3H3. The van der Waals surface area contributed by atoms with Gasteiger partial charge in [-0.25, -0.2) is 0 Å². The molecule has 4 rings (SSSR count). The number of pyridine rings is 1. The van der Waals surface area contributed by atoms with Gasteiger partial charge in [-0.05, 0) is 42.7 Å². The van der Waals surface area contributed by atoms with E-state index in [1.54, 1.807) is 44.7 Å². The molecular formula is C24H23NO6. The van der Waals surface area contributed by atoms with Crippen molar-refractivity contribution in [3.05, 3.63) is 54.2 Å². The van der Waals surface area contributed by atoms with Crippen LogP contribution in [-0.4, -0.2) is 38.1 Å². The summed E-state index contributed by atoms with van der Waals surface area (Å²) in [7, 11) is 4.47. The lowest BCUT2D eigenvalue weighted by atomic mass is 9.95. The Morgan fingerprint density at radius 1 is 0.935 bits per heavy atom. The number of rotatable bonds is 8. The van der Waals surface area contributed by atoms with E-state index in [1.165, 1.54) is 7.11 Å². The molecule has 7 nitrogen and oxygen atoms in total. The van der Waals surface area contributed by atoms with Crippen LogP contribution in [0.1, 0.15) is 18.4 Å². The third-order valence-corrected chi connectivity index (χ3v) is 5.58. The van der Waals surface area contributed by atoms with Crippen molar-refractivity contribution in [1.82, 2.24) is 4.98 Å². The molecule has 3 aromatic rings. The van der Waals surface area contributed by atoms with Crippen LogP contribution in [-0.2, 0) is 20.7 Å². The number of ketones is 1. The van der Waals surface area contributed by atoms with Crippen molar-refractivity contribution in [3.8, 4) is 23.0 Å². The van der Waals surface area contributed by atoms with Gasteiger partial charge in [-0.2, -0.15) is 0 Å². The Morgan fingerprint density at radius 3 is 2.23 bits per heavy atom. The lowest BCUT2D eigenvalue weighted by molar-refractivity contribution is -0.151. The molecule has 2 aromatic carbocycles. The van der Waals surface area contributed by atoms with Crippen molar-refractivity contribution in [1.29, 1.82) is 0 Å². The maximum atomic E-state index is 12.6. The van der Waals surface area contributed by atoms with Gasteiger partial charge in [0, 0.05) is 24.1 Å². The van der Waals surface area contributed by atoms with Crippen molar-refractivity contribution in [3.63, 3.8) is 0 Å². The summed E-state index contributed by atoms with van der Waals surface area (Å²) in [6, 6.07) is 12.6. The Morgan fingerprint density at radius 2 is 1.61 bits per heavy atom. The number of carbonyl (C=O) groups is 2. The van der Waals surface area contributed by atoms with Crippen LogP contribution in [0.15, 0.2) is 48.7 Å². The zero-order valence-corrected chi connectivity index (χ0v) is 17.6. The lowest BCUT2D eigenvalue weighted by Crippen LogP contribution is -2.28. The Kier molecular flexibility index (Phi) is 5.50.